The first kappa shape index (κ1) is 23.3. The summed E-state index contributed by atoms with van der Waals surface area (Å²) in [6.07, 6.45) is 0.582. The zero-order valence-electron chi connectivity index (χ0n) is 17.3. The van der Waals surface area contributed by atoms with E-state index in [-0.39, 0.29) is 13.5 Å². The third-order valence-electron chi connectivity index (χ3n) is 4.81. The molecule has 1 heterocycles. The maximum atomic E-state index is 11.9. The summed E-state index contributed by atoms with van der Waals surface area (Å²) < 4.78 is 16.9. The summed E-state index contributed by atoms with van der Waals surface area (Å²) in [6, 6.07) is 1.71. The van der Waals surface area contributed by atoms with E-state index in [1.165, 1.54) is 0 Å². The first-order chi connectivity index (χ1) is 12.1. The maximum absolute atomic E-state index is 11.9. The van der Waals surface area contributed by atoms with E-state index >= 15 is 0 Å². The van der Waals surface area contributed by atoms with Gasteiger partial charge in [0.2, 0.25) is 5.54 Å². The van der Waals surface area contributed by atoms with E-state index in [4.69, 9.17) is 14.0 Å². The molecule has 2 N–H and O–H groups in total. The summed E-state index contributed by atoms with van der Waals surface area (Å²) in [5.74, 6) is -1.41. The van der Waals surface area contributed by atoms with Gasteiger partial charge in [0.25, 0.3) is 0 Å². The number of nitrogens with zero attached hydrogens (tertiary/aromatic N) is 1. The fourth-order valence-corrected chi connectivity index (χ4v) is 2.62. The Labute approximate surface area is 161 Å². The lowest BCUT2D eigenvalue weighted by molar-refractivity contribution is -0.142. The van der Waals surface area contributed by atoms with E-state index in [0.717, 1.165) is 0 Å². The lowest BCUT2D eigenvalue weighted by Crippen LogP contribution is -2.54. The highest BCUT2D eigenvalue weighted by Gasteiger charge is 2.50. The van der Waals surface area contributed by atoms with Crippen molar-refractivity contribution in [1.82, 2.24) is 5.32 Å². The smallest absolute Gasteiger partial charge is 0.457 e. The molecule has 0 aromatic heterocycles. The summed E-state index contributed by atoms with van der Waals surface area (Å²) in [6.45, 7) is 12.8. The molecule has 1 rings (SSSR count). The highest BCUT2D eigenvalue weighted by atomic mass is 16.7. The van der Waals surface area contributed by atoms with Crippen molar-refractivity contribution in [2.24, 2.45) is 0 Å². The van der Waals surface area contributed by atoms with Crippen LogP contribution in [0.2, 0.25) is 6.32 Å². The number of hydrogen-bond donors (Lipinski definition) is 2. The first-order valence-electron chi connectivity index (χ1n) is 9.16. The molecule has 1 fully saturated rings. The third kappa shape index (κ3) is 6.11. The van der Waals surface area contributed by atoms with E-state index in [1.807, 2.05) is 27.7 Å². The van der Waals surface area contributed by atoms with E-state index in [1.54, 1.807) is 26.8 Å². The molecule has 1 atom stereocenters. The fourth-order valence-electron chi connectivity index (χ4n) is 2.62. The molecule has 27 heavy (non-hydrogen) atoms. The van der Waals surface area contributed by atoms with Crippen LogP contribution in [-0.2, 0) is 18.8 Å². The van der Waals surface area contributed by atoms with Crippen molar-refractivity contribution in [3.05, 3.63) is 0 Å². The molecule has 1 aliphatic heterocycles. The highest BCUT2D eigenvalue weighted by molar-refractivity contribution is 6.45. The molecule has 0 spiro atoms. The summed E-state index contributed by atoms with van der Waals surface area (Å²) in [5.41, 5.74) is -3.67. The van der Waals surface area contributed by atoms with E-state index in [0.29, 0.717) is 19.2 Å². The number of carboxylic acids is 1. The second-order valence-corrected chi connectivity index (χ2v) is 8.88. The van der Waals surface area contributed by atoms with Gasteiger partial charge in [-0.25, -0.2) is 9.59 Å². The molecule has 0 bridgehead atoms. The van der Waals surface area contributed by atoms with Crippen molar-refractivity contribution in [2.75, 3.05) is 0 Å². The largest absolute Gasteiger partial charge is 0.479 e. The van der Waals surface area contributed by atoms with Crippen LogP contribution in [0.25, 0.3) is 0 Å². The standard InChI is InChI=1S/C18H31BN2O6/c1-15(2,3)25-14(24)21-18(12-20,13(22)23)10-8-9-11-19-26-16(4,5)17(6,7)27-19/h8-11H2,1-7H3,(H,21,24)(H,22,23). The van der Waals surface area contributed by atoms with Gasteiger partial charge in [0.1, 0.15) is 11.7 Å². The molecule has 1 saturated heterocycles. The normalized spacial score (nSPS) is 20.4. The van der Waals surface area contributed by atoms with Gasteiger partial charge in [0.15, 0.2) is 0 Å². The molecule has 0 aromatic carbocycles. The molecular weight excluding hydrogens is 351 g/mol. The number of unbranched alkanes of at least 4 members (excludes halogenated alkanes) is 1. The zero-order chi connectivity index (χ0) is 21.1. The maximum Gasteiger partial charge on any atom is 0.457 e. The monoisotopic (exact) mass is 382 g/mol. The Bertz CT molecular complexity index is 592. The van der Waals surface area contributed by atoms with Crippen LogP contribution in [0.15, 0.2) is 0 Å². The topological polar surface area (TPSA) is 118 Å². The molecule has 0 saturated carbocycles. The van der Waals surface area contributed by atoms with Gasteiger partial charge >= 0.3 is 19.2 Å². The SMILES string of the molecule is CC(C)(C)OC(=O)NC(C#N)(CCCCB1OC(C)(C)C(C)(C)O1)C(=O)O. The average Bonchev–Trinajstić information content (AvgIpc) is 2.67. The van der Waals surface area contributed by atoms with Crippen molar-refractivity contribution < 1.29 is 28.7 Å². The number of carbonyl (C=O) groups excluding carboxylic acids is 1. The second kappa shape index (κ2) is 8.07. The minimum Gasteiger partial charge on any atom is -0.479 e. The molecule has 1 unspecified atom stereocenters. The van der Waals surface area contributed by atoms with Gasteiger partial charge in [-0.15, -0.1) is 0 Å². The van der Waals surface area contributed by atoms with Crippen molar-refractivity contribution >= 4 is 19.2 Å². The van der Waals surface area contributed by atoms with Crippen molar-refractivity contribution in [1.29, 1.82) is 5.26 Å². The minimum absolute atomic E-state index is 0.0441. The first-order valence-corrected chi connectivity index (χ1v) is 9.16. The lowest BCUT2D eigenvalue weighted by atomic mass is 9.81. The van der Waals surface area contributed by atoms with Crippen molar-refractivity contribution in [2.45, 2.75) is 96.4 Å². The number of rotatable bonds is 7. The van der Waals surface area contributed by atoms with E-state index in [2.05, 4.69) is 5.32 Å². The van der Waals surface area contributed by atoms with E-state index in [9.17, 15) is 20.0 Å². The van der Waals surface area contributed by atoms with Crippen LogP contribution in [0.4, 0.5) is 4.79 Å². The van der Waals surface area contributed by atoms with Gasteiger partial charge in [-0.2, -0.15) is 5.26 Å². The van der Waals surface area contributed by atoms with Gasteiger partial charge in [-0.05, 0) is 67.6 Å². The summed E-state index contributed by atoms with van der Waals surface area (Å²) in [7, 11) is -0.380. The summed E-state index contributed by atoms with van der Waals surface area (Å²) in [5, 5.41) is 21.1. The van der Waals surface area contributed by atoms with Crippen LogP contribution in [0.5, 0.6) is 0 Å². The molecule has 9 heteroatoms. The van der Waals surface area contributed by atoms with Crippen LogP contribution in [0.1, 0.15) is 67.7 Å². The van der Waals surface area contributed by atoms with Crippen LogP contribution >= 0.6 is 0 Å². The van der Waals surface area contributed by atoms with Gasteiger partial charge in [-0.1, -0.05) is 6.42 Å². The molecule has 152 valence electrons. The van der Waals surface area contributed by atoms with Gasteiger partial charge < -0.3 is 19.2 Å². The van der Waals surface area contributed by atoms with Crippen molar-refractivity contribution in [3.63, 3.8) is 0 Å². The van der Waals surface area contributed by atoms with E-state index < -0.39 is 34.4 Å². The van der Waals surface area contributed by atoms with Gasteiger partial charge in [0.05, 0.1) is 11.2 Å². The molecule has 0 aliphatic carbocycles. The minimum atomic E-state index is -2.03. The molecule has 0 radical (unpaired) electrons. The third-order valence-corrected chi connectivity index (χ3v) is 4.81. The summed E-state index contributed by atoms with van der Waals surface area (Å²) in [4.78, 5) is 23.6. The average molecular weight is 382 g/mol. The number of amides is 1. The predicted molar refractivity (Wildman–Crippen MR) is 100 cm³/mol. The number of carboxylic acid groups (broad SMARTS) is 1. The Hall–Kier alpha value is -1.79. The van der Waals surface area contributed by atoms with Crippen LogP contribution < -0.4 is 5.32 Å². The number of nitriles is 1. The molecule has 0 aromatic rings. The van der Waals surface area contributed by atoms with Gasteiger partial charge in [0, 0.05) is 0 Å². The molecular formula is C18H31BN2O6. The number of nitrogens with one attached hydrogen (secondary N) is 1. The number of carbonyl (C=O) groups is 2. The second-order valence-electron chi connectivity index (χ2n) is 8.88. The Morgan fingerprint density at radius 2 is 1.67 bits per heavy atom. The number of hydrogen-bond acceptors (Lipinski definition) is 6. The molecule has 1 amide bonds. The fraction of sp³-hybridized carbons (Fsp3) is 0.833. The predicted octanol–water partition coefficient (Wildman–Crippen LogP) is 3.12. The summed E-state index contributed by atoms with van der Waals surface area (Å²) >= 11 is 0. The quantitative estimate of drug-likeness (QED) is 0.513. The van der Waals surface area contributed by atoms with Gasteiger partial charge in [-0.3, -0.25) is 5.32 Å². The number of aliphatic carboxylic acids is 1. The Morgan fingerprint density at radius 1 is 1.15 bits per heavy atom. The Balaban J connectivity index is 2.61. The van der Waals surface area contributed by atoms with Crippen LogP contribution in [0.3, 0.4) is 0 Å². The molecule has 1 aliphatic rings. The van der Waals surface area contributed by atoms with Crippen LogP contribution in [-0.4, -0.2) is 46.6 Å². The zero-order valence-corrected chi connectivity index (χ0v) is 17.3. The Morgan fingerprint density at radius 3 is 2.07 bits per heavy atom. The lowest BCUT2D eigenvalue weighted by Gasteiger charge is -2.32. The highest BCUT2D eigenvalue weighted by Crippen LogP contribution is 2.38. The Kier molecular flexibility index (Phi) is 6.95. The van der Waals surface area contributed by atoms with Crippen LogP contribution in [0, 0.1) is 11.3 Å². The number of ether oxygens (including phenoxy) is 1. The molecule has 8 nitrogen and oxygen atoms in total. The number of alkyl carbamates (subject to hydrolysis) is 1. The van der Waals surface area contributed by atoms with Crippen molar-refractivity contribution in [3.8, 4) is 6.07 Å².